The highest BCUT2D eigenvalue weighted by Crippen LogP contribution is 2.34. The van der Waals surface area contributed by atoms with E-state index >= 15 is 0 Å². The van der Waals surface area contributed by atoms with Crippen LogP contribution in [0, 0.1) is 0 Å². The molecule has 1 aromatic heterocycles. The molecule has 0 unspecified atom stereocenters. The lowest BCUT2D eigenvalue weighted by molar-refractivity contribution is -0.0515. The molecule has 25 heavy (non-hydrogen) atoms. The molecule has 2 aromatic carbocycles. The molecule has 5 nitrogen and oxygen atoms in total. The molecule has 0 saturated heterocycles. The number of hydrogen-bond acceptors (Lipinski definition) is 5. The van der Waals surface area contributed by atoms with Gasteiger partial charge >= 0.3 is 6.61 Å². The van der Waals surface area contributed by atoms with Gasteiger partial charge in [-0.15, -0.1) is 0 Å². The molecular weight excluding hydrogens is 332 g/mol. The molecule has 0 aliphatic heterocycles. The monoisotopic (exact) mass is 347 g/mol. The third kappa shape index (κ3) is 4.33. The number of ether oxygens (including phenoxy) is 2. The normalized spacial score (nSPS) is 10.9. The molecule has 3 aromatic rings. The van der Waals surface area contributed by atoms with Gasteiger partial charge in [0.05, 0.1) is 6.61 Å². The topological polar surface area (TPSA) is 64.7 Å². The number of halogens is 2. The summed E-state index contributed by atoms with van der Waals surface area (Å²) < 4.78 is 40.6. The number of aromatic nitrogens is 1. The summed E-state index contributed by atoms with van der Waals surface area (Å²) in [6, 6.07) is 13.7. The van der Waals surface area contributed by atoms with Gasteiger partial charge in [0.1, 0.15) is 18.6 Å². The van der Waals surface area contributed by atoms with E-state index in [9.17, 15) is 8.78 Å². The molecule has 0 atom stereocenters. The first-order valence-corrected chi connectivity index (χ1v) is 7.47. The Morgan fingerprint density at radius 1 is 1.08 bits per heavy atom. The van der Waals surface area contributed by atoms with Gasteiger partial charge in [-0.25, -0.2) is 4.98 Å². The summed E-state index contributed by atoms with van der Waals surface area (Å²) >= 11 is 0. The van der Waals surface area contributed by atoms with Crippen LogP contribution in [0.5, 0.6) is 11.5 Å². The average Bonchev–Trinajstić information content (AvgIpc) is 3.10. The second-order valence-corrected chi connectivity index (χ2v) is 5.12. The number of hydrogen-bond donors (Lipinski definition) is 1. The van der Waals surface area contributed by atoms with Crippen LogP contribution in [-0.4, -0.2) is 16.7 Å². The van der Waals surface area contributed by atoms with E-state index < -0.39 is 6.61 Å². The lowest BCUT2D eigenvalue weighted by Crippen LogP contribution is -2.05. The van der Waals surface area contributed by atoms with E-state index in [0.717, 1.165) is 5.56 Å². The second-order valence-electron chi connectivity index (χ2n) is 5.12. The van der Waals surface area contributed by atoms with Gasteiger partial charge in [0, 0.05) is 5.56 Å². The average molecular weight is 347 g/mol. The lowest BCUT2D eigenvalue weighted by atomic mass is 10.2. The molecule has 0 aliphatic rings. The van der Waals surface area contributed by atoms with Gasteiger partial charge in [-0.2, -0.15) is 8.78 Å². The van der Waals surface area contributed by atoms with Crippen LogP contribution in [0.15, 0.2) is 59.2 Å². The molecule has 0 aliphatic carbocycles. The summed E-state index contributed by atoms with van der Waals surface area (Å²) in [7, 11) is 0. The molecule has 0 bridgehead atoms. The molecular formula is C18H15F2NO4. The van der Waals surface area contributed by atoms with Crippen LogP contribution in [0.3, 0.4) is 0 Å². The summed E-state index contributed by atoms with van der Waals surface area (Å²) in [5.41, 5.74) is 1.77. The van der Waals surface area contributed by atoms with Crippen LogP contribution in [0.4, 0.5) is 8.78 Å². The highest BCUT2D eigenvalue weighted by molar-refractivity contribution is 5.60. The Labute approximate surface area is 142 Å². The predicted molar refractivity (Wildman–Crippen MR) is 85.3 cm³/mol. The van der Waals surface area contributed by atoms with Crippen molar-refractivity contribution in [3.63, 3.8) is 0 Å². The van der Waals surface area contributed by atoms with E-state index in [1.807, 2.05) is 30.3 Å². The van der Waals surface area contributed by atoms with Gasteiger partial charge in [-0.05, 0) is 23.8 Å². The molecule has 0 amide bonds. The number of aliphatic hydroxyl groups excluding tert-OH is 1. The highest BCUT2D eigenvalue weighted by atomic mass is 19.3. The van der Waals surface area contributed by atoms with Crippen molar-refractivity contribution >= 4 is 0 Å². The van der Waals surface area contributed by atoms with Crippen LogP contribution in [0.2, 0.25) is 0 Å². The van der Waals surface area contributed by atoms with Crippen molar-refractivity contribution in [1.82, 2.24) is 4.98 Å². The number of benzene rings is 2. The molecule has 1 heterocycles. The fourth-order valence-corrected chi connectivity index (χ4v) is 2.19. The highest BCUT2D eigenvalue weighted by Gasteiger charge is 2.15. The standard InChI is InChI=1S/C18H15F2NO4/c19-18(20)25-15-7-6-13(17-21-14(9-22)11-24-17)8-16(15)23-10-12-4-2-1-3-5-12/h1-8,11,18,22H,9-10H2. The van der Waals surface area contributed by atoms with Crippen LogP contribution in [-0.2, 0) is 13.2 Å². The van der Waals surface area contributed by atoms with Crippen molar-refractivity contribution < 1.29 is 27.8 Å². The summed E-state index contributed by atoms with van der Waals surface area (Å²) in [5, 5.41) is 9.06. The lowest BCUT2D eigenvalue weighted by Gasteiger charge is -2.13. The summed E-state index contributed by atoms with van der Waals surface area (Å²) in [5.74, 6) is 0.311. The fraction of sp³-hybridized carbons (Fsp3) is 0.167. The molecule has 0 spiro atoms. The van der Waals surface area contributed by atoms with Gasteiger partial charge in [0.15, 0.2) is 11.5 Å². The first-order chi connectivity index (χ1) is 12.2. The minimum Gasteiger partial charge on any atom is -0.485 e. The second kappa shape index (κ2) is 7.76. The molecule has 7 heteroatoms. The van der Waals surface area contributed by atoms with Crippen molar-refractivity contribution in [2.24, 2.45) is 0 Å². The molecule has 0 fully saturated rings. The zero-order valence-corrected chi connectivity index (χ0v) is 13.1. The minimum absolute atomic E-state index is 0.0800. The largest absolute Gasteiger partial charge is 0.485 e. The van der Waals surface area contributed by atoms with E-state index in [1.54, 1.807) is 0 Å². The van der Waals surface area contributed by atoms with Crippen molar-refractivity contribution in [3.05, 3.63) is 66.1 Å². The maximum atomic E-state index is 12.6. The van der Waals surface area contributed by atoms with Crippen LogP contribution >= 0.6 is 0 Å². The van der Waals surface area contributed by atoms with E-state index in [4.69, 9.17) is 14.3 Å². The Hall–Kier alpha value is -2.93. The quantitative estimate of drug-likeness (QED) is 0.699. The van der Waals surface area contributed by atoms with Crippen molar-refractivity contribution in [3.8, 4) is 23.0 Å². The molecule has 1 N–H and O–H groups in total. The van der Waals surface area contributed by atoms with E-state index in [2.05, 4.69) is 9.72 Å². The van der Waals surface area contributed by atoms with Gasteiger partial charge in [-0.1, -0.05) is 30.3 Å². The zero-order chi connectivity index (χ0) is 17.6. The number of alkyl halides is 2. The summed E-state index contributed by atoms with van der Waals surface area (Å²) in [4.78, 5) is 4.09. The molecule has 0 radical (unpaired) electrons. The SMILES string of the molecule is OCc1coc(-c2ccc(OC(F)F)c(OCc3ccccc3)c2)n1. The summed E-state index contributed by atoms with van der Waals surface area (Å²) in [6.07, 6.45) is 1.32. The number of aliphatic hydroxyl groups is 1. The predicted octanol–water partition coefficient (Wildman–Crippen LogP) is 4.01. The van der Waals surface area contributed by atoms with Gasteiger partial charge in [-0.3, -0.25) is 0 Å². The minimum atomic E-state index is -2.97. The maximum absolute atomic E-state index is 12.6. The smallest absolute Gasteiger partial charge is 0.387 e. The van der Waals surface area contributed by atoms with Crippen molar-refractivity contribution in [2.45, 2.75) is 19.8 Å². The Balaban J connectivity index is 1.87. The van der Waals surface area contributed by atoms with Crippen LogP contribution in [0.1, 0.15) is 11.3 Å². The maximum Gasteiger partial charge on any atom is 0.387 e. The number of nitrogens with zero attached hydrogens (tertiary/aromatic N) is 1. The van der Waals surface area contributed by atoms with Gasteiger partial charge < -0.3 is 19.0 Å². The van der Waals surface area contributed by atoms with Crippen LogP contribution < -0.4 is 9.47 Å². The Bertz CT molecular complexity index is 821. The van der Waals surface area contributed by atoms with Crippen LogP contribution in [0.25, 0.3) is 11.5 Å². The Kier molecular flexibility index (Phi) is 5.25. The van der Waals surface area contributed by atoms with Crippen molar-refractivity contribution in [2.75, 3.05) is 0 Å². The first kappa shape index (κ1) is 16.9. The summed E-state index contributed by atoms with van der Waals surface area (Å²) in [6.45, 7) is -3.03. The molecule has 130 valence electrons. The molecule has 3 rings (SSSR count). The first-order valence-electron chi connectivity index (χ1n) is 7.47. The van der Waals surface area contributed by atoms with Crippen molar-refractivity contribution in [1.29, 1.82) is 0 Å². The van der Waals surface area contributed by atoms with E-state index in [-0.39, 0.29) is 30.6 Å². The number of rotatable bonds is 7. The van der Waals surface area contributed by atoms with Gasteiger partial charge in [0.25, 0.3) is 0 Å². The van der Waals surface area contributed by atoms with Gasteiger partial charge in [0.2, 0.25) is 5.89 Å². The Morgan fingerprint density at radius 2 is 1.88 bits per heavy atom. The van der Waals surface area contributed by atoms with E-state index in [1.165, 1.54) is 24.5 Å². The third-order valence-electron chi connectivity index (χ3n) is 3.36. The van der Waals surface area contributed by atoms with E-state index in [0.29, 0.717) is 11.3 Å². The fourth-order valence-electron chi connectivity index (χ4n) is 2.19. The number of oxazole rings is 1. The zero-order valence-electron chi connectivity index (χ0n) is 13.1. The molecule has 0 saturated carbocycles. The third-order valence-corrected chi connectivity index (χ3v) is 3.36. The Morgan fingerprint density at radius 3 is 2.56 bits per heavy atom.